The maximum atomic E-state index is 9.07. The summed E-state index contributed by atoms with van der Waals surface area (Å²) in [6.07, 6.45) is 2.47. The first-order valence-electron chi connectivity index (χ1n) is 9.74. The number of β-amino-alcohol motifs (C(OH)–C–C–N with tert-alkyl or cyclic N) is 1. The normalized spacial score (nSPS) is 21.0. The number of hydrogen-bond acceptors (Lipinski definition) is 6. The Bertz CT molecular complexity index is 553. The lowest BCUT2D eigenvalue weighted by Gasteiger charge is -2.42. The molecule has 0 radical (unpaired) electrons. The minimum Gasteiger partial charge on any atom is -0.497 e. The first-order valence-corrected chi connectivity index (χ1v) is 9.74. The number of rotatable bonds is 7. The van der Waals surface area contributed by atoms with Crippen molar-refractivity contribution in [3.05, 3.63) is 23.8 Å². The third kappa shape index (κ3) is 4.88. The van der Waals surface area contributed by atoms with E-state index in [1.54, 1.807) is 14.2 Å². The molecule has 6 nitrogen and oxygen atoms in total. The number of nitrogens with zero attached hydrogens (tertiary/aromatic N) is 3. The van der Waals surface area contributed by atoms with E-state index >= 15 is 0 Å². The van der Waals surface area contributed by atoms with E-state index < -0.39 is 0 Å². The van der Waals surface area contributed by atoms with Crippen molar-refractivity contribution in [2.75, 3.05) is 66.6 Å². The van der Waals surface area contributed by atoms with Gasteiger partial charge in [-0.2, -0.15) is 0 Å². The van der Waals surface area contributed by atoms with Crippen LogP contribution in [0.4, 0.5) is 0 Å². The van der Waals surface area contributed by atoms with Crippen molar-refractivity contribution in [3.8, 4) is 11.5 Å². The van der Waals surface area contributed by atoms with Gasteiger partial charge in [0.1, 0.15) is 11.5 Å². The summed E-state index contributed by atoms with van der Waals surface area (Å²) in [6.45, 7) is 8.74. The second kappa shape index (κ2) is 9.55. The molecule has 3 rings (SSSR count). The number of benzene rings is 1. The van der Waals surface area contributed by atoms with Crippen molar-refractivity contribution in [2.45, 2.75) is 25.4 Å². The maximum Gasteiger partial charge on any atom is 0.127 e. The fourth-order valence-corrected chi connectivity index (χ4v) is 4.16. The lowest BCUT2D eigenvalue weighted by atomic mass is 10.0. The molecule has 0 bridgehead atoms. The standard InChI is InChI=1S/C20H33N3O3/c1-25-19-4-3-17(20(15-19)26-2)16-22-7-5-18(6-8-22)23-11-9-21(10-12-23)13-14-24/h3-4,15,18,24H,5-14,16H2,1-2H3. The van der Waals surface area contributed by atoms with Crippen molar-refractivity contribution in [1.82, 2.24) is 14.7 Å². The van der Waals surface area contributed by atoms with Gasteiger partial charge in [-0.1, -0.05) is 6.07 Å². The fourth-order valence-electron chi connectivity index (χ4n) is 4.16. The highest BCUT2D eigenvalue weighted by Crippen LogP contribution is 2.27. The van der Waals surface area contributed by atoms with Crippen molar-refractivity contribution in [1.29, 1.82) is 0 Å². The van der Waals surface area contributed by atoms with Gasteiger partial charge in [0, 0.05) is 56.9 Å². The molecule has 0 atom stereocenters. The molecule has 0 aromatic heterocycles. The van der Waals surface area contributed by atoms with Crippen LogP contribution < -0.4 is 9.47 Å². The largest absolute Gasteiger partial charge is 0.497 e. The van der Waals surface area contributed by atoms with Crippen LogP contribution in [0.1, 0.15) is 18.4 Å². The van der Waals surface area contributed by atoms with Crippen molar-refractivity contribution >= 4 is 0 Å². The van der Waals surface area contributed by atoms with Crippen LogP contribution in [0.2, 0.25) is 0 Å². The predicted octanol–water partition coefficient (Wildman–Crippen LogP) is 1.28. The molecular formula is C20H33N3O3. The lowest BCUT2D eigenvalue weighted by Crippen LogP contribution is -2.53. The van der Waals surface area contributed by atoms with Gasteiger partial charge in [-0.25, -0.2) is 0 Å². The van der Waals surface area contributed by atoms with Crippen molar-refractivity contribution in [2.24, 2.45) is 0 Å². The summed E-state index contributed by atoms with van der Waals surface area (Å²) in [5.41, 5.74) is 1.23. The summed E-state index contributed by atoms with van der Waals surface area (Å²) in [6, 6.07) is 6.80. The van der Waals surface area contributed by atoms with Gasteiger partial charge in [0.25, 0.3) is 0 Å². The van der Waals surface area contributed by atoms with Gasteiger partial charge in [-0.3, -0.25) is 14.7 Å². The van der Waals surface area contributed by atoms with Gasteiger partial charge in [-0.15, -0.1) is 0 Å². The molecule has 1 aromatic carbocycles. The Kier molecular flexibility index (Phi) is 7.14. The van der Waals surface area contributed by atoms with Crippen LogP contribution in [0, 0.1) is 0 Å². The predicted molar refractivity (Wildman–Crippen MR) is 103 cm³/mol. The maximum absolute atomic E-state index is 9.07. The van der Waals surface area contributed by atoms with E-state index in [9.17, 15) is 0 Å². The molecule has 1 N–H and O–H groups in total. The van der Waals surface area contributed by atoms with E-state index in [2.05, 4.69) is 20.8 Å². The zero-order valence-electron chi connectivity index (χ0n) is 16.2. The molecule has 2 aliphatic rings. The van der Waals surface area contributed by atoms with Crippen LogP contribution in [0.3, 0.4) is 0 Å². The summed E-state index contributed by atoms with van der Waals surface area (Å²) in [7, 11) is 3.41. The number of ether oxygens (including phenoxy) is 2. The summed E-state index contributed by atoms with van der Waals surface area (Å²) >= 11 is 0. The average Bonchev–Trinajstić information content (AvgIpc) is 2.70. The van der Waals surface area contributed by atoms with Crippen LogP contribution in [0.5, 0.6) is 11.5 Å². The zero-order chi connectivity index (χ0) is 18.4. The van der Waals surface area contributed by atoms with Crippen LogP contribution in [-0.2, 0) is 6.54 Å². The number of methoxy groups -OCH3 is 2. The number of piperazine rings is 1. The highest BCUT2D eigenvalue weighted by molar-refractivity contribution is 5.40. The molecule has 26 heavy (non-hydrogen) atoms. The molecule has 0 unspecified atom stereocenters. The Labute approximate surface area is 157 Å². The minimum absolute atomic E-state index is 0.271. The summed E-state index contributed by atoms with van der Waals surface area (Å²) in [5.74, 6) is 1.75. The molecule has 2 fully saturated rings. The van der Waals surface area contributed by atoms with E-state index in [1.807, 2.05) is 12.1 Å². The van der Waals surface area contributed by atoms with Crippen molar-refractivity contribution in [3.63, 3.8) is 0 Å². The Morgan fingerprint density at radius 3 is 2.31 bits per heavy atom. The van der Waals surface area contributed by atoms with Gasteiger partial charge in [0.05, 0.1) is 20.8 Å². The lowest BCUT2D eigenvalue weighted by molar-refractivity contribution is 0.0515. The molecular weight excluding hydrogens is 330 g/mol. The Hall–Kier alpha value is -1.34. The van der Waals surface area contributed by atoms with E-state index in [4.69, 9.17) is 14.6 Å². The van der Waals surface area contributed by atoms with E-state index in [-0.39, 0.29) is 6.61 Å². The molecule has 2 saturated heterocycles. The first kappa shape index (κ1) is 19.4. The van der Waals surface area contributed by atoms with Crippen LogP contribution in [-0.4, -0.2) is 92.5 Å². The molecule has 0 amide bonds. The van der Waals surface area contributed by atoms with Gasteiger partial charge in [-0.05, 0) is 32.0 Å². The van der Waals surface area contributed by atoms with Gasteiger partial charge in [0.15, 0.2) is 0 Å². The van der Waals surface area contributed by atoms with Crippen molar-refractivity contribution < 1.29 is 14.6 Å². The third-order valence-electron chi connectivity index (χ3n) is 5.78. The van der Waals surface area contributed by atoms with Gasteiger partial charge >= 0.3 is 0 Å². The fraction of sp³-hybridized carbons (Fsp3) is 0.700. The van der Waals surface area contributed by atoms with Crippen LogP contribution >= 0.6 is 0 Å². The Balaban J connectivity index is 1.47. The number of likely N-dealkylation sites (tertiary alicyclic amines) is 1. The molecule has 0 spiro atoms. The van der Waals surface area contributed by atoms with Crippen LogP contribution in [0.15, 0.2) is 18.2 Å². The van der Waals surface area contributed by atoms with Gasteiger partial charge in [0.2, 0.25) is 0 Å². The number of piperidine rings is 1. The highest BCUT2D eigenvalue weighted by Gasteiger charge is 2.27. The SMILES string of the molecule is COc1ccc(CN2CCC(N3CCN(CCO)CC3)CC2)c(OC)c1. The Morgan fingerprint density at radius 1 is 0.962 bits per heavy atom. The van der Waals surface area contributed by atoms with Gasteiger partial charge < -0.3 is 14.6 Å². The monoisotopic (exact) mass is 363 g/mol. The summed E-state index contributed by atoms with van der Waals surface area (Å²) in [5, 5.41) is 9.07. The Morgan fingerprint density at radius 2 is 1.69 bits per heavy atom. The number of aliphatic hydroxyl groups is 1. The quantitative estimate of drug-likeness (QED) is 0.788. The summed E-state index contributed by atoms with van der Waals surface area (Å²) < 4.78 is 10.8. The van der Waals surface area contributed by atoms with E-state index in [0.717, 1.165) is 63.9 Å². The zero-order valence-corrected chi connectivity index (χ0v) is 16.2. The topological polar surface area (TPSA) is 48.4 Å². The second-order valence-electron chi connectivity index (χ2n) is 7.29. The third-order valence-corrected chi connectivity index (χ3v) is 5.78. The highest BCUT2D eigenvalue weighted by atomic mass is 16.5. The molecule has 2 aliphatic heterocycles. The van der Waals surface area contributed by atoms with Crippen LogP contribution in [0.25, 0.3) is 0 Å². The van der Waals surface area contributed by atoms with E-state index in [0.29, 0.717) is 6.04 Å². The second-order valence-corrected chi connectivity index (χ2v) is 7.29. The van der Waals surface area contributed by atoms with E-state index in [1.165, 1.54) is 18.4 Å². The molecule has 1 aromatic rings. The first-order chi connectivity index (χ1) is 12.7. The number of aliphatic hydroxyl groups excluding tert-OH is 1. The molecule has 146 valence electrons. The summed E-state index contributed by atoms with van der Waals surface area (Å²) in [4.78, 5) is 7.55. The molecule has 2 heterocycles. The average molecular weight is 364 g/mol. The smallest absolute Gasteiger partial charge is 0.127 e. The molecule has 6 heteroatoms. The number of hydrogen-bond donors (Lipinski definition) is 1. The minimum atomic E-state index is 0.271. The molecule has 0 saturated carbocycles. The molecule has 0 aliphatic carbocycles.